The van der Waals surface area contributed by atoms with Crippen molar-refractivity contribution in [1.29, 1.82) is 0 Å². The summed E-state index contributed by atoms with van der Waals surface area (Å²) in [4.78, 5) is 12.7. The van der Waals surface area contributed by atoms with Crippen LogP contribution >= 0.6 is 0 Å². The minimum absolute atomic E-state index is 0.507. The summed E-state index contributed by atoms with van der Waals surface area (Å²) in [6.07, 6.45) is 4.01. The van der Waals surface area contributed by atoms with Crippen LogP contribution in [0.4, 0.5) is 11.5 Å². The van der Waals surface area contributed by atoms with Gasteiger partial charge < -0.3 is 16.5 Å². The van der Waals surface area contributed by atoms with Crippen LogP contribution in [0.3, 0.4) is 0 Å². The van der Waals surface area contributed by atoms with Gasteiger partial charge in [0.25, 0.3) is 0 Å². The summed E-state index contributed by atoms with van der Waals surface area (Å²) in [5.74, 6) is 1.49. The van der Waals surface area contributed by atoms with E-state index in [2.05, 4.69) is 47.2 Å². The predicted molar refractivity (Wildman–Crippen MR) is 108 cm³/mol. The van der Waals surface area contributed by atoms with Crippen LogP contribution in [0.25, 0.3) is 21.9 Å². The number of hydrogen-bond acceptors (Lipinski definition) is 4. The Bertz CT molecular complexity index is 1060. The molecule has 5 N–H and O–H groups in total. The number of H-pyrrole nitrogens is 1. The van der Waals surface area contributed by atoms with Crippen molar-refractivity contribution in [2.75, 3.05) is 11.5 Å². The summed E-state index contributed by atoms with van der Waals surface area (Å²) in [5, 5.41) is 1.04. The highest BCUT2D eigenvalue weighted by atomic mass is 15.0. The molecule has 0 saturated carbocycles. The Balaban J connectivity index is 1.73. The summed E-state index contributed by atoms with van der Waals surface area (Å²) in [6, 6.07) is 14.3. The van der Waals surface area contributed by atoms with E-state index >= 15 is 0 Å². The summed E-state index contributed by atoms with van der Waals surface area (Å²) >= 11 is 0. The highest BCUT2D eigenvalue weighted by Crippen LogP contribution is 2.28. The molecule has 4 aromatic rings. The Labute approximate surface area is 152 Å². The highest BCUT2D eigenvalue weighted by molar-refractivity contribution is 6.06. The largest absolute Gasteiger partial charge is 0.399 e. The number of aromatic nitrogens is 3. The third-order valence-corrected chi connectivity index (χ3v) is 4.72. The zero-order valence-electron chi connectivity index (χ0n) is 14.9. The number of nitrogen functional groups attached to an aromatic ring is 2. The Hall–Kier alpha value is -3.08. The van der Waals surface area contributed by atoms with Crippen LogP contribution < -0.4 is 11.5 Å². The number of nitrogens with one attached hydrogen (secondary N) is 1. The van der Waals surface area contributed by atoms with Crippen molar-refractivity contribution in [1.82, 2.24) is 15.0 Å². The fourth-order valence-corrected chi connectivity index (χ4v) is 3.30. The summed E-state index contributed by atoms with van der Waals surface area (Å²) in [6.45, 7) is 2.18. The molecule has 2 aromatic heterocycles. The molecule has 0 aliphatic rings. The van der Waals surface area contributed by atoms with Gasteiger partial charge in [-0.3, -0.25) is 0 Å². The average Bonchev–Trinajstić information content (AvgIpc) is 3.07. The fourth-order valence-electron chi connectivity index (χ4n) is 3.30. The van der Waals surface area contributed by atoms with Crippen LogP contribution in [-0.2, 0) is 12.8 Å². The zero-order valence-corrected chi connectivity index (χ0v) is 14.9. The molecule has 2 heterocycles. The molecule has 132 valence electrons. The van der Waals surface area contributed by atoms with Crippen LogP contribution in [0, 0.1) is 0 Å². The molecule has 0 amide bonds. The molecule has 0 radical (unpaired) electrons. The lowest BCUT2D eigenvalue weighted by Crippen LogP contribution is -1.95. The van der Waals surface area contributed by atoms with E-state index in [0.29, 0.717) is 5.82 Å². The standard InChI is InChI=1S/C21H23N5/c1-2-3-4-18-25-19-16-10-7-14(11-13-5-8-15(22)9-6-13)12-17(16)24-21(23)20(19)26-18/h5-10,12H,2-4,11,22H2,1H3,(H2,23,24)(H,25,26). The molecule has 0 aliphatic carbocycles. The molecule has 0 fully saturated rings. The molecule has 0 spiro atoms. The summed E-state index contributed by atoms with van der Waals surface area (Å²) in [7, 11) is 0. The first-order valence-corrected chi connectivity index (χ1v) is 9.05. The maximum Gasteiger partial charge on any atom is 0.150 e. The van der Waals surface area contributed by atoms with Crippen molar-refractivity contribution < 1.29 is 0 Å². The molecule has 0 saturated heterocycles. The number of benzene rings is 2. The topological polar surface area (TPSA) is 93.6 Å². The minimum atomic E-state index is 0.507. The van der Waals surface area contributed by atoms with Gasteiger partial charge in [-0.25, -0.2) is 9.97 Å². The van der Waals surface area contributed by atoms with Gasteiger partial charge in [0.05, 0.1) is 5.52 Å². The maximum atomic E-state index is 6.19. The van der Waals surface area contributed by atoms with Crippen molar-refractivity contribution >= 4 is 33.4 Å². The smallest absolute Gasteiger partial charge is 0.150 e. The Morgan fingerprint density at radius 1 is 0.962 bits per heavy atom. The molecule has 0 atom stereocenters. The monoisotopic (exact) mass is 345 g/mol. The van der Waals surface area contributed by atoms with E-state index in [1.165, 1.54) is 11.1 Å². The third kappa shape index (κ3) is 3.08. The number of aromatic amines is 1. The number of pyridine rings is 1. The molecule has 26 heavy (non-hydrogen) atoms. The van der Waals surface area contributed by atoms with Crippen molar-refractivity contribution in [3.8, 4) is 0 Å². The molecule has 0 unspecified atom stereocenters. The number of imidazole rings is 1. The van der Waals surface area contributed by atoms with Gasteiger partial charge in [-0.1, -0.05) is 37.6 Å². The predicted octanol–water partition coefficient (Wildman–Crippen LogP) is 4.21. The number of nitrogens with zero attached hydrogens (tertiary/aromatic N) is 2. The lowest BCUT2D eigenvalue weighted by molar-refractivity contribution is 0.765. The van der Waals surface area contributed by atoms with Gasteiger partial charge in [-0.15, -0.1) is 0 Å². The van der Waals surface area contributed by atoms with Crippen LogP contribution in [0.2, 0.25) is 0 Å². The van der Waals surface area contributed by atoms with Gasteiger partial charge in [-0.05, 0) is 42.2 Å². The van der Waals surface area contributed by atoms with E-state index < -0.39 is 0 Å². The number of aryl methyl sites for hydroxylation is 1. The van der Waals surface area contributed by atoms with Gasteiger partial charge in [0.1, 0.15) is 22.7 Å². The molecule has 4 rings (SSSR count). The number of anilines is 2. The van der Waals surface area contributed by atoms with Gasteiger partial charge in [0.15, 0.2) is 0 Å². The molecule has 0 aliphatic heterocycles. The van der Waals surface area contributed by atoms with Crippen LogP contribution in [-0.4, -0.2) is 15.0 Å². The summed E-state index contributed by atoms with van der Waals surface area (Å²) in [5.41, 5.74) is 17.8. The first-order valence-electron chi connectivity index (χ1n) is 9.05. The van der Waals surface area contributed by atoms with E-state index in [1.54, 1.807) is 0 Å². The van der Waals surface area contributed by atoms with Crippen LogP contribution in [0.15, 0.2) is 42.5 Å². The fraction of sp³-hybridized carbons (Fsp3) is 0.238. The van der Waals surface area contributed by atoms with Gasteiger partial charge >= 0.3 is 0 Å². The summed E-state index contributed by atoms with van der Waals surface area (Å²) < 4.78 is 0. The lowest BCUT2D eigenvalue weighted by Gasteiger charge is -2.06. The number of nitrogens with two attached hydrogens (primary N) is 2. The first-order chi connectivity index (χ1) is 12.6. The van der Waals surface area contributed by atoms with Crippen molar-refractivity contribution in [2.45, 2.75) is 32.6 Å². The van der Waals surface area contributed by atoms with Gasteiger partial charge in [0, 0.05) is 17.5 Å². The molecule has 2 aromatic carbocycles. The number of unbranched alkanes of at least 4 members (excludes halogenated alkanes) is 1. The highest BCUT2D eigenvalue weighted by Gasteiger charge is 2.12. The Kier molecular flexibility index (Phi) is 4.21. The van der Waals surface area contributed by atoms with Crippen molar-refractivity contribution in [2.24, 2.45) is 0 Å². The van der Waals surface area contributed by atoms with Gasteiger partial charge in [-0.2, -0.15) is 0 Å². The second-order valence-electron chi connectivity index (χ2n) is 6.78. The van der Waals surface area contributed by atoms with Gasteiger partial charge in [0.2, 0.25) is 0 Å². The Morgan fingerprint density at radius 3 is 2.50 bits per heavy atom. The molecule has 0 bridgehead atoms. The lowest BCUT2D eigenvalue weighted by atomic mass is 10.0. The zero-order chi connectivity index (χ0) is 18.1. The van der Waals surface area contributed by atoms with E-state index in [0.717, 1.165) is 59.1 Å². The normalized spacial score (nSPS) is 11.4. The number of fused-ring (bicyclic) bond motifs is 3. The SMILES string of the molecule is CCCCc1nc2c([nH]1)c(N)nc1cc(Cc3ccc(N)cc3)ccc12. The van der Waals surface area contributed by atoms with E-state index in [4.69, 9.17) is 16.5 Å². The average molecular weight is 345 g/mol. The number of hydrogen-bond donors (Lipinski definition) is 3. The third-order valence-electron chi connectivity index (χ3n) is 4.72. The van der Waals surface area contributed by atoms with Crippen LogP contribution in [0.5, 0.6) is 0 Å². The number of rotatable bonds is 5. The minimum Gasteiger partial charge on any atom is -0.399 e. The molecule has 5 heteroatoms. The first kappa shape index (κ1) is 16.4. The molecular weight excluding hydrogens is 322 g/mol. The Morgan fingerprint density at radius 2 is 1.73 bits per heavy atom. The van der Waals surface area contributed by atoms with E-state index in [-0.39, 0.29) is 0 Å². The molecular formula is C21H23N5. The second kappa shape index (κ2) is 6.67. The van der Waals surface area contributed by atoms with Crippen LogP contribution in [0.1, 0.15) is 36.7 Å². The van der Waals surface area contributed by atoms with E-state index in [1.807, 2.05) is 12.1 Å². The van der Waals surface area contributed by atoms with E-state index in [9.17, 15) is 0 Å². The quantitative estimate of drug-likeness (QED) is 0.472. The second-order valence-corrected chi connectivity index (χ2v) is 6.78. The molecule has 5 nitrogen and oxygen atoms in total. The van der Waals surface area contributed by atoms with Crippen molar-refractivity contribution in [3.05, 3.63) is 59.4 Å². The van der Waals surface area contributed by atoms with Crippen molar-refractivity contribution in [3.63, 3.8) is 0 Å². The maximum absolute atomic E-state index is 6.19.